The van der Waals surface area contributed by atoms with Crippen LogP contribution in [-0.4, -0.2) is 30.5 Å². The van der Waals surface area contributed by atoms with Gasteiger partial charge in [0.25, 0.3) is 5.69 Å². The molecular weight excluding hydrogens is 272 g/mol. The van der Waals surface area contributed by atoms with Crippen LogP contribution < -0.4 is 16.0 Å². The van der Waals surface area contributed by atoms with Gasteiger partial charge in [-0.15, -0.1) is 0 Å². The summed E-state index contributed by atoms with van der Waals surface area (Å²) >= 11 is 0. The van der Waals surface area contributed by atoms with Crippen LogP contribution in [0.4, 0.5) is 17.1 Å². The average molecular weight is 292 g/mol. The number of nitrogens with zero attached hydrogens (tertiary/aromatic N) is 2. The van der Waals surface area contributed by atoms with Crippen molar-refractivity contribution in [3.63, 3.8) is 0 Å². The molecule has 7 heteroatoms. The van der Waals surface area contributed by atoms with Crippen molar-refractivity contribution < 1.29 is 9.72 Å². The zero-order chi connectivity index (χ0) is 15.4. The molecule has 1 aromatic carbocycles. The molecule has 0 aliphatic carbocycles. The number of carbonyl (C=O) groups excluding carboxylic acids is 1. The second-order valence-corrected chi connectivity index (χ2v) is 5.21. The molecule has 1 heterocycles. The van der Waals surface area contributed by atoms with Gasteiger partial charge in [0, 0.05) is 43.1 Å². The molecule has 1 aliphatic rings. The predicted octanol–water partition coefficient (Wildman–Crippen LogP) is 1.73. The van der Waals surface area contributed by atoms with Crippen LogP contribution in [0, 0.1) is 16.0 Å². The van der Waals surface area contributed by atoms with Crippen LogP contribution in [0.1, 0.15) is 19.8 Å². The molecule has 7 nitrogen and oxygen atoms in total. The van der Waals surface area contributed by atoms with Crippen LogP contribution in [0.5, 0.6) is 0 Å². The van der Waals surface area contributed by atoms with E-state index in [1.54, 1.807) is 6.07 Å². The minimum absolute atomic E-state index is 0.0460. The van der Waals surface area contributed by atoms with Crippen molar-refractivity contribution in [1.82, 2.24) is 0 Å². The molecule has 1 aliphatic heterocycles. The number of rotatable bonds is 5. The van der Waals surface area contributed by atoms with Gasteiger partial charge in [-0.3, -0.25) is 14.9 Å². The van der Waals surface area contributed by atoms with E-state index in [4.69, 9.17) is 5.73 Å². The van der Waals surface area contributed by atoms with E-state index in [9.17, 15) is 14.9 Å². The molecule has 0 aromatic heterocycles. The molecule has 1 amide bonds. The Bertz CT molecular complexity index is 547. The topological polar surface area (TPSA) is 102 Å². The Balaban J connectivity index is 2.28. The van der Waals surface area contributed by atoms with Crippen LogP contribution in [0.15, 0.2) is 18.2 Å². The van der Waals surface area contributed by atoms with E-state index in [0.29, 0.717) is 18.8 Å². The van der Waals surface area contributed by atoms with Gasteiger partial charge in [0.1, 0.15) is 0 Å². The Morgan fingerprint density at radius 1 is 1.52 bits per heavy atom. The van der Waals surface area contributed by atoms with Gasteiger partial charge >= 0.3 is 0 Å². The van der Waals surface area contributed by atoms with E-state index >= 15 is 0 Å². The van der Waals surface area contributed by atoms with Gasteiger partial charge in [0.15, 0.2) is 0 Å². The van der Waals surface area contributed by atoms with Crippen LogP contribution in [-0.2, 0) is 4.79 Å². The number of nitrogens with one attached hydrogen (secondary N) is 1. The SMILES string of the molecule is CCNc1cc(N2CCCC(C(N)=O)C2)cc([N+](=O)[O-])c1. The first-order chi connectivity index (χ1) is 10.0. The summed E-state index contributed by atoms with van der Waals surface area (Å²) in [6.45, 7) is 3.91. The molecule has 1 aromatic rings. The third-order valence-electron chi connectivity index (χ3n) is 3.68. The van der Waals surface area contributed by atoms with Gasteiger partial charge in [-0.05, 0) is 25.8 Å². The summed E-state index contributed by atoms with van der Waals surface area (Å²) in [5.74, 6) is -0.502. The second kappa shape index (κ2) is 6.43. The third-order valence-corrected chi connectivity index (χ3v) is 3.68. The maximum atomic E-state index is 11.4. The van der Waals surface area contributed by atoms with E-state index in [2.05, 4.69) is 5.32 Å². The zero-order valence-electron chi connectivity index (χ0n) is 12.0. The molecule has 0 bridgehead atoms. The Morgan fingerprint density at radius 3 is 2.90 bits per heavy atom. The number of hydrogen-bond acceptors (Lipinski definition) is 5. The monoisotopic (exact) mass is 292 g/mol. The smallest absolute Gasteiger partial charge is 0.273 e. The van der Waals surface area contributed by atoms with E-state index < -0.39 is 4.92 Å². The normalized spacial score (nSPS) is 18.3. The van der Waals surface area contributed by atoms with Crippen LogP contribution in [0.25, 0.3) is 0 Å². The summed E-state index contributed by atoms with van der Waals surface area (Å²) in [6.07, 6.45) is 1.63. The van der Waals surface area contributed by atoms with Crippen LogP contribution in [0.2, 0.25) is 0 Å². The number of carbonyl (C=O) groups is 1. The van der Waals surface area contributed by atoms with Gasteiger partial charge in [-0.1, -0.05) is 0 Å². The highest BCUT2D eigenvalue weighted by Crippen LogP contribution is 2.30. The quantitative estimate of drug-likeness (QED) is 0.635. The molecule has 1 saturated heterocycles. The van der Waals surface area contributed by atoms with Crippen LogP contribution in [0.3, 0.4) is 0 Å². The standard InChI is InChI=1S/C14H20N4O3/c1-2-16-11-6-12(8-13(7-11)18(20)21)17-5-3-4-10(9-17)14(15)19/h6-8,10,16H,2-5,9H2,1H3,(H2,15,19). The lowest BCUT2D eigenvalue weighted by atomic mass is 9.97. The summed E-state index contributed by atoms with van der Waals surface area (Å²) in [6, 6.07) is 4.94. The summed E-state index contributed by atoms with van der Waals surface area (Å²) in [4.78, 5) is 24.0. The van der Waals surface area contributed by atoms with Crippen molar-refractivity contribution in [2.45, 2.75) is 19.8 Å². The van der Waals surface area contributed by atoms with Gasteiger partial charge < -0.3 is 16.0 Å². The Kier molecular flexibility index (Phi) is 4.62. The fraction of sp³-hybridized carbons (Fsp3) is 0.500. The minimum atomic E-state index is -0.403. The lowest BCUT2D eigenvalue weighted by Gasteiger charge is -2.33. The predicted molar refractivity (Wildman–Crippen MR) is 81.4 cm³/mol. The highest BCUT2D eigenvalue weighted by atomic mass is 16.6. The fourth-order valence-corrected chi connectivity index (χ4v) is 2.63. The first kappa shape index (κ1) is 15.1. The summed E-state index contributed by atoms with van der Waals surface area (Å²) in [5.41, 5.74) is 6.89. The summed E-state index contributed by atoms with van der Waals surface area (Å²) < 4.78 is 0. The van der Waals surface area contributed by atoms with Gasteiger partial charge in [0.05, 0.1) is 10.8 Å². The van der Waals surface area contributed by atoms with E-state index in [0.717, 1.165) is 25.1 Å². The van der Waals surface area contributed by atoms with Gasteiger partial charge in [-0.2, -0.15) is 0 Å². The van der Waals surface area contributed by atoms with Crippen molar-refractivity contribution in [3.05, 3.63) is 28.3 Å². The fourth-order valence-electron chi connectivity index (χ4n) is 2.63. The molecule has 2 rings (SSSR count). The number of piperidine rings is 1. The van der Waals surface area contributed by atoms with Crippen molar-refractivity contribution >= 4 is 23.0 Å². The first-order valence-corrected chi connectivity index (χ1v) is 7.09. The van der Waals surface area contributed by atoms with Crippen molar-refractivity contribution in [2.24, 2.45) is 11.7 Å². The summed E-state index contributed by atoms with van der Waals surface area (Å²) in [5, 5.41) is 14.1. The first-order valence-electron chi connectivity index (χ1n) is 7.09. The zero-order valence-corrected chi connectivity index (χ0v) is 12.0. The van der Waals surface area contributed by atoms with Crippen LogP contribution >= 0.6 is 0 Å². The second-order valence-electron chi connectivity index (χ2n) is 5.21. The number of non-ortho nitro benzene ring substituents is 1. The van der Waals surface area contributed by atoms with E-state index in [1.165, 1.54) is 6.07 Å². The Labute approximate surface area is 123 Å². The number of anilines is 2. The number of nitro groups is 1. The van der Waals surface area contributed by atoms with E-state index in [-0.39, 0.29) is 17.5 Å². The average Bonchev–Trinajstić information content (AvgIpc) is 2.47. The largest absolute Gasteiger partial charge is 0.385 e. The number of nitrogens with two attached hydrogens (primary N) is 1. The van der Waals surface area contributed by atoms with Gasteiger partial charge in [0.2, 0.25) is 5.91 Å². The number of primary amides is 1. The lowest BCUT2D eigenvalue weighted by molar-refractivity contribution is -0.384. The maximum absolute atomic E-state index is 11.4. The van der Waals surface area contributed by atoms with Crippen molar-refractivity contribution in [2.75, 3.05) is 29.9 Å². The molecule has 0 saturated carbocycles. The molecule has 0 radical (unpaired) electrons. The Morgan fingerprint density at radius 2 is 2.29 bits per heavy atom. The third kappa shape index (κ3) is 3.62. The van der Waals surface area contributed by atoms with Crippen molar-refractivity contribution in [3.8, 4) is 0 Å². The molecule has 1 atom stereocenters. The molecule has 0 spiro atoms. The molecule has 114 valence electrons. The minimum Gasteiger partial charge on any atom is -0.385 e. The van der Waals surface area contributed by atoms with Gasteiger partial charge in [-0.25, -0.2) is 0 Å². The number of nitro benzene ring substituents is 1. The number of hydrogen-bond donors (Lipinski definition) is 2. The molecule has 1 fully saturated rings. The molecular formula is C14H20N4O3. The number of amides is 1. The van der Waals surface area contributed by atoms with Crippen molar-refractivity contribution in [1.29, 1.82) is 0 Å². The lowest BCUT2D eigenvalue weighted by Crippen LogP contribution is -2.41. The molecule has 1 unspecified atom stereocenters. The highest BCUT2D eigenvalue weighted by Gasteiger charge is 2.25. The highest BCUT2D eigenvalue weighted by molar-refractivity contribution is 5.78. The number of benzene rings is 1. The molecule has 21 heavy (non-hydrogen) atoms. The maximum Gasteiger partial charge on any atom is 0.273 e. The van der Waals surface area contributed by atoms with E-state index in [1.807, 2.05) is 17.9 Å². The summed E-state index contributed by atoms with van der Waals surface area (Å²) in [7, 11) is 0. The molecule has 3 N–H and O–H groups in total. The Hall–Kier alpha value is -2.31.